The van der Waals surface area contributed by atoms with Crippen molar-refractivity contribution in [1.82, 2.24) is 14.5 Å². The summed E-state index contributed by atoms with van der Waals surface area (Å²) in [7, 11) is 0. The second-order valence-electron chi connectivity index (χ2n) is 11.5. The topological polar surface area (TPSA) is 97.0 Å². The zero-order valence-corrected chi connectivity index (χ0v) is 22.7. The molecule has 3 fully saturated rings. The number of para-hydroxylation sites is 2. The molecule has 2 bridgehead atoms. The van der Waals surface area contributed by atoms with Gasteiger partial charge in [-0.15, -0.1) is 0 Å². The molecule has 8 nitrogen and oxygen atoms in total. The molecule has 0 radical (unpaired) electrons. The molecule has 2 aromatic rings. The number of rotatable bonds is 6. The predicted molar refractivity (Wildman–Crippen MR) is 149 cm³/mol. The maximum Gasteiger partial charge on any atom is 0.344 e. The Morgan fingerprint density at radius 1 is 0.921 bits per heavy atom. The second kappa shape index (κ2) is 12.4. The van der Waals surface area contributed by atoms with Crippen molar-refractivity contribution in [3.05, 3.63) is 40.3 Å². The Kier molecular flexibility index (Phi) is 8.77. The monoisotopic (exact) mass is 522 g/mol. The quantitative estimate of drug-likeness (QED) is 0.388. The van der Waals surface area contributed by atoms with Gasteiger partial charge in [0, 0.05) is 24.2 Å². The number of carboxylic acid groups (broad SMARTS) is 1. The third kappa shape index (κ3) is 5.95. The molecule has 1 aliphatic carbocycles. The van der Waals surface area contributed by atoms with Crippen LogP contribution in [0.3, 0.4) is 0 Å². The first-order valence-corrected chi connectivity index (χ1v) is 14.7. The summed E-state index contributed by atoms with van der Waals surface area (Å²) < 4.78 is 1.96. The number of carboxylic acids is 1. The number of aromatic nitrogens is 2. The van der Waals surface area contributed by atoms with Gasteiger partial charge in [-0.05, 0) is 57.6 Å². The minimum absolute atomic E-state index is 0.105. The van der Waals surface area contributed by atoms with Crippen molar-refractivity contribution in [2.75, 3.05) is 6.61 Å². The molecule has 1 saturated carbocycles. The van der Waals surface area contributed by atoms with Crippen LogP contribution >= 0.6 is 0 Å². The highest BCUT2D eigenvalue weighted by molar-refractivity contribution is 5.97. The van der Waals surface area contributed by atoms with Gasteiger partial charge in [-0.2, -0.15) is 0 Å². The van der Waals surface area contributed by atoms with Crippen LogP contribution in [0.1, 0.15) is 109 Å². The zero-order chi connectivity index (χ0) is 26.5. The van der Waals surface area contributed by atoms with E-state index in [9.17, 15) is 9.59 Å². The number of carbonyl (C=O) groups is 1. The van der Waals surface area contributed by atoms with E-state index in [1.165, 1.54) is 77.0 Å². The van der Waals surface area contributed by atoms with Gasteiger partial charge in [0.05, 0.1) is 11.0 Å². The summed E-state index contributed by atoms with van der Waals surface area (Å²) in [6, 6.07) is 9.61. The summed E-state index contributed by atoms with van der Waals surface area (Å²) >= 11 is 0. The number of fused-ring (bicyclic) bond motifs is 3. The van der Waals surface area contributed by atoms with Crippen LogP contribution in [0.25, 0.3) is 11.0 Å². The van der Waals surface area contributed by atoms with Crippen molar-refractivity contribution in [3.63, 3.8) is 0 Å². The number of benzene rings is 1. The molecule has 38 heavy (non-hydrogen) atoms. The molecule has 206 valence electrons. The van der Waals surface area contributed by atoms with Gasteiger partial charge in [-0.3, -0.25) is 9.69 Å². The standard InChI is InChI=1S/C30H42N4O4/c1-21(32-38-20-28(35)36)29-30(37)34(27-17-10-9-16-26(27)31-29)25-18-23-14-11-15-24(19-25)33(23)22-12-7-5-3-2-4-6-8-13-22/h9-10,16-17,22-25H,2-8,11-15,18-20H2,1H3,(H,35,36)/t23-,24+,25?. The van der Waals surface area contributed by atoms with Gasteiger partial charge < -0.3 is 14.5 Å². The molecular weight excluding hydrogens is 480 g/mol. The lowest BCUT2D eigenvalue weighted by Crippen LogP contribution is -2.57. The van der Waals surface area contributed by atoms with E-state index in [2.05, 4.69) is 15.0 Å². The number of aliphatic carboxylic acids is 1. The van der Waals surface area contributed by atoms with E-state index in [0.717, 1.165) is 23.9 Å². The summed E-state index contributed by atoms with van der Waals surface area (Å²) in [6.07, 6.45) is 17.8. The fourth-order valence-corrected chi connectivity index (χ4v) is 7.26. The highest BCUT2D eigenvalue weighted by Gasteiger charge is 2.42. The first-order valence-electron chi connectivity index (χ1n) is 14.7. The van der Waals surface area contributed by atoms with Gasteiger partial charge in [0.2, 0.25) is 6.61 Å². The summed E-state index contributed by atoms with van der Waals surface area (Å²) in [4.78, 5) is 37.2. The van der Waals surface area contributed by atoms with Gasteiger partial charge in [-0.25, -0.2) is 9.78 Å². The molecule has 3 heterocycles. The highest BCUT2D eigenvalue weighted by atomic mass is 16.6. The highest BCUT2D eigenvalue weighted by Crippen LogP contribution is 2.42. The summed E-state index contributed by atoms with van der Waals surface area (Å²) in [5.74, 6) is -1.11. The lowest BCUT2D eigenvalue weighted by Gasteiger charge is -2.53. The Labute approximate surface area is 225 Å². The molecule has 0 spiro atoms. The van der Waals surface area contributed by atoms with Crippen LogP contribution in [0.2, 0.25) is 0 Å². The largest absolute Gasteiger partial charge is 0.479 e. The fraction of sp³-hybridized carbons (Fsp3) is 0.667. The third-order valence-electron chi connectivity index (χ3n) is 8.89. The molecule has 0 amide bonds. The maximum absolute atomic E-state index is 13.9. The van der Waals surface area contributed by atoms with E-state index in [0.29, 0.717) is 23.8 Å². The van der Waals surface area contributed by atoms with E-state index < -0.39 is 12.6 Å². The van der Waals surface area contributed by atoms with E-state index in [4.69, 9.17) is 9.94 Å². The third-order valence-corrected chi connectivity index (χ3v) is 8.89. The SMILES string of the molecule is CC(=NOCC(=O)O)c1nc2ccccc2n(C2C[C@H]3CCC[C@@H](C2)N3C2CCCCCCCCC2)c1=O. The van der Waals surface area contributed by atoms with Gasteiger partial charge in [-0.1, -0.05) is 68.7 Å². The summed E-state index contributed by atoms with van der Waals surface area (Å²) in [5, 5.41) is 12.8. The minimum atomic E-state index is -1.11. The summed E-state index contributed by atoms with van der Waals surface area (Å²) in [5.41, 5.74) is 1.97. The van der Waals surface area contributed by atoms with Gasteiger partial charge >= 0.3 is 5.97 Å². The van der Waals surface area contributed by atoms with Crippen molar-refractivity contribution >= 4 is 22.7 Å². The van der Waals surface area contributed by atoms with Crippen LogP contribution < -0.4 is 5.56 Å². The molecule has 1 aromatic carbocycles. The molecule has 5 rings (SSSR count). The van der Waals surface area contributed by atoms with Crippen LogP contribution in [-0.4, -0.2) is 56.0 Å². The first kappa shape index (κ1) is 26.9. The normalized spacial score (nSPS) is 26.2. The number of piperidine rings is 2. The van der Waals surface area contributed by atoms with Gasteiger partial charge in [0.25, 0.3) is 5.56 Å². The van der Waals surface area contributed by atoms with E-state index in [1.807, 2.05) is 28.8 Å². The Hall–Kier alpha value is -2.74. The molecular formula is C30H42N4O4. The Balaban J connectivity index is 1.45. The molecule has 3 aliphatic rings. The number of nitrogens with zero attached hydrogens (tertiary/aromatic N) is 4. The second-order valence-corrected chi connectivity index (χ2v) is 11.5. The molecule has 1 N–H and O–H groups in total. The van der Waals surface area contributed by atoms with Gasteiger partial charge in [0.1, 0.15) is 5.71 Å². The zero-order valence-electron chi connectivity index (χ0n) is 22.7. The Morgan fingerprint density at radius 2 is 1.53 bits per heavy atom. The average Bonchev–Trinajstić information content (AvgIpc) is 2.90. The molecule has 1 unspecified atom stereocenters. The van der Waals surface area contributed by atoms with Gasteiger partial charge in [0.15, 0.2) is 5.69 Å². The summed E-state index contributed by atoms with van der Waals surface area (Å²) in [6.45, 7) is 1.10. The number of oxime groups is 1. The molecule has 2 aliphatic heterocycles. The van der Waals surface area contributed by atoms with Crippen molar-refractivity contribution in [2.45, 2.75) is 121 Å². The fourth-order valence-electron chi connectivity index (χ4n) is 7.26. The van der Waals surface area contributed by atoms with E-state index in [-0.39, 0.29) is 17.3 Å². The smallest absolute Gasteiger partial charge is 0.344 e. The minimum Gasteiger partial charge on any atom is -0.479 e. The van der Waals surface area contributed by atoms with Crippen LogP contribution in [0.5, 0.6) is 0 Å². The molecule has 8 heteroatoms. The van der Waals surface area contributed by atoms with Crippen LogP contribution in [0.4, 0.5) is 0 Å². The maximum atomic E-state index is 13.9. The molecule has 2 saturated heterocycles. The van der Waals surface area contributed by atoms with Crippen LogP contribution in [0.15, 0.2) is 34.2 Å². The van der Waals surface area contributed by atoms with Crippen molar-refractivity contribution in [2.24, 2.45) is 5.16 Å². The Bertz CT molecular complexity index is 1180. The number of hydrogen-bond donors (Lipinski definition) is 1. The first-order chi connectivity index (χ1) is 18.5. The van der Waals surface area contributed by atoms with Crippen LogP contribution in [0, 0.1) is 0 Å². The lowest BCUT2D eigenvalue weighted by atomic mass is 9.79. The van der Waals surface area contributed by atoms with Crippen molar-refractivity contribution < 1.29 is 14.7 Å². The van der Waals surface area contributed by atoms with E-state index in [1.54, 1.807) is 6.92 Å². The predicted octanol–water partition coefficient (Wildman–Crippen LogP) is 5.67. The lowest BCUT2D eigenvalue weighted by molar-refractivity contribution is -0.142. The van der Waals surface area contributed by atoms with Crippen LogP contribution in [-0.2, 0) is 9.63 Å². The number of hydrogen-bond acceptors (Lipinski definition) is 6. The molecule has 1 aromatic heterocycles. The van der Waals surface area contributed by atoms with Crippen molar-refractivity contribution in [3.8, 4) is 0 Å². The Morgan fingerprint density at radius 3 is 2.18 bits per heavy atom. The molecule has 3 atom stereocenters. The van der Waals surface area contributed by atoms with Crippen molar-refractivity contribution in [1.29, 1.82) is 0 Å². The average molecular weight is 523 g/mol. The van der Waals surface area contributed by atoms with E-state index >= 15 is 0 Å².